The fourth-order valence-electron chi connectivity index (χ4n) is 3.23. The zero-order valence-corrected chi connectivity index (χ0v) is 21.7. The molecule has 1 heterocycles. The molecule has 0 spiro atoms. The van der Waals surface area contributed by atoms with Crippen molar-refractivity contribution in [2.75, 3.05) is 19.5 Å². The molecule has 9 heteroatoms. The van der Waals surface area contributed by atoms with Crippen molar-refractivity contribution >= 4 is 50.2 Å². The van der Waals surface area contributed by atoms with E-state index in [0.717, 1.165) is 26.5 Å². The number of amides is 1. The monoisotopic (exact) mass is 550 g/mol. The highest BCUT2D eigenvalue weighted by Gasteiger charge is 2.10. The largest absolute Gasteiger partial charge is 0.496 e. The number of halogens is 1. The van der Waals surface area contributed by atoms with Gasteiger partial charge >= 0.3 is 0 Å². The number of nitrogens with one attached hydrogen (secondary N) is 2. The molecular weight excluding hydrogens is 528 g/mol. The molecule has 4 rings (SSSR count). The molecule has 0 fully saturated rings. The van der Waals surface area contributed by atoms with Gasteiger partial charge in [0.05, 0.1) is 30.6 Å². The van der Waals surface area contributed by atoms with Crippen LogP contribution in [-0.2, 0) is 0 Å². The number of aryl methyl sites for hydroxylation is 1. The van der Waals surface area contributed by atoms with Crippen LogP contribution in [0.1, 0.15) is 21.5 Å². The van der Waals surface area contributed by atoms with E-state index in [9.17, 15) is 4.79 Å². The number of hydrogen-bond acceptors (Lipinski definition) is 7. The number of rotatable bonds is 8. The van der Waals surface area contributed by atoms with Crippen LogP contribution in [0.15, 0.2) is 75.6 Å². The highest BCUT2D eigenvalue weighted by Crippen LogP contribution is 2.32. The number of ether oxygens (including phenoxy) is 2. The first-order chi connectivity index (χ1) is 17.0. The summed E-state index contributed by atoms with van der Waals surface area (Å²) < 4.78 is 11.4. The number of hydrogen-bond donors (Lipinski definition) is 2. The molecule has 0 aliphatic carbocycles. The lowest BCUT2D eigenvalue weighted by Crippen LogP contribution is -2.17. The molecule has 0 aliphatic heterocycles. The Morgan fingerprint density at radius 1 is 1.03 bits per heavy atom. The average Bonchev–Trinajstić information content (AvgIpc) is 3.34. The molecule has 178 valence electrons. The first-order valence-corrected chi connectivity index (χ1v) is 12.3. The Labute approximate surface area is 216 Å². The minimum atomic E-state index is -0.320. The molecule has 0 atom stereocenters. The van der Waals surface area contributed by atoms with E-state index in [0.29, 0.717) is 22.6 Å². The second kappa shape index (κ2) is 11.2. The first-order valence-electron chi connectivity index (χ1n) is 10.6. The van der Waals surface area contributed by atoms with E-state index in [2.05, 4.69) is 55.8 Å². The zero-order chi connectivity index (χ0) is 24.8. The van der Waals surface area contributed by atoms with E-state index in [1.54, 1.807) is 38.5 Å². The maximum absolute atomic E-state index is 12.5. The van der Waals surface area contributed by atoms with E-state index >= 15 is 0 Å². The third-order valence-corrected chi connectivity index (χ3v) is 6.50. The van der Waals surface area contributed by atoms with Crippen molar-refractivity contribution in [2.24, 2.45) is 5.10 Å². The zero-order valence-electron chi connectivity index (χ0n) is 19.3. The number of nitrogens with zero attached hydrogens (tertiary/aromatic N) is 2. The summed E-state index contributed by atoms with van der Waals surface area (Å²) in [6.07, 6.45) is 1.52. The van der Waals surface area contributed by atoms with Gasteiger partial charge in [-0.2, -0.15) is 5.10 Å². The first kappa shape index (κ1) is 24.4. The molecule has 0 aliphatic rings. The van der Waals surface area contributed by atoms with Crippen molar-refractivity contribution in [3.05, 3.63) is 87.2 Å². The SMILES string of the molecule is COc1cc(OC)c(/C=N\NC(=O)c2ccc(-c3csc(Nc4ccc(C)cc4)n3)cc2)cc1Br. The Morgan fingerprint density at radius 2 is 1.74 bits per heavy atom. The van der Waals surface area contributed by atoms with Crippen LogP contribution in [-0.4, -0.2) is 31.3 Å². The predicted molar refractivity (Wildman–Crippen MR) is 144 cm³/mol. The molecule has 4 aromatic rings. The van der Waals surface area contributed by atoms with Gasteiger partial charge in [-0.15, -0.1) is 11.3 Å². The summed E-state index contributed by atoms with van der Waals surface area (Å²) in [7, 11) is 3.14. The fraction of sp³-hybridized carbons (Fsp3) is 0.115. The lowest BCUT2D eigenvalue weighted by molar-refractivity contribution is 0.0955. The van der Waals surface area contributed by atoms with E-state index < -0.39 is 0 Å². The normalized spacial score (nSPS) is 10.9. The third-order valence-electron chi connectivity index (χ3n) is 5.12. The Kier molecular flexibility index (Phi) is 7.79. The number of methoxy groups -OCH3 is 2. The van der Waals surface area contributed by atoms with Crippen molar-refractivity contribution < 1.29 is 14.3 Å². The summed E-state index contributed by atoms with van der Waals surface area (Å²) in [4.78, 5) is 17.2. The Morgan fingerprint density at radius 3 is 2.43 bits per heavy atom. The van der Waals surface area contributed by atoms with Crippen LogP contribution in [0.25, 0.3) is 11.3 Å². The van der Waals surface area contributed by atoms with E-state index in [1.807, 2.05) is 29.6 Å². The highest BCUT2D eigenvalue weighted by atomic mass is 79.9. The second-order valence-electron chi connectivity index (χ2n) is 7.53. The summed E-state index contributed by atoms with van der Waals surface area (Å²) in [6, 6.07) is 18.9. The number of carbonyl (C=O) groups is 1. The van der Waals surface area contributed by atoms with Crippen molar-refractivity contribution in [2.45, 2.75) is 6.92 Å². The summed E-state index contributed by atoms with van der Waals surface area (Å²) in [5, 5.41) is 10.2. The molecule has 0 saturated heterocycles. The molecular formula is C26H23BrN4O3S. The minimum Gasteiger partial charge on any atom is -0.496 e. The van der Waals surface area contributed by atoms with Gasteiger partial charge in [0.25, 0.3) is 5.91 Å². The molecule has 0 radical (unpaired) electrons. The van der Waals surface area contributed by atoms with Crippen LogP contribution in [0.5, 0.6) is 11.5 Å². The van der Waals surface area contributed by atoms with Gasteiger partial charge in [-0.25, -0.2) is 10.4 Å². The molecule has 0 saturated carbocycles. The summed E-state index contributed by atoms with van der Waals surface area (Å²) in [6.45, 7) is 2.05. The summed E-state index contributed by atoms with van der Waals surface area (Å²) >= 11 is 4.96. The third kappa shape index (κ3) is 6.06. The molecule has 3 aromatic carbocycles. The van der Waals surface area contributed by atoms with E-state index in [1.165, 1.54) is 23.1 Å². The van der Waals surface area contributed by atoms with Crippen molar-refractivity contribution in [1.29, 1.82) is 0 Å². The van der Waals surface area contributed by atoms with E-state index in [4.69, 9.17) is 9.47 Å². The molecule has 2 N–H and O–H groups in total. The number of thiazole rings is 1. The average molecular weight is 551 g/mol. The van der Waals surface area contributed by atoms with Gasteiger partial charge in [0.2, 0.25) is 0 Å². The summed E-state index contributed by atoms with van der Waals surface area (Å²) in [5.41, 5.74) is 7.68. The van der Waals surface area contributed by atoms with Crippen LogP contribution in [0, 0.1) is 6.92 Å². The standard InChI is InChI=1S/C26H23BrN4O3S/c1-16-4-10-20(11-5-16)29-26-30-22(15-35-26)17-6-8-18(9-7-17)25(32)31-28-14-19-12-21(27)24(34-3)13-23(19)33-2/h4-15H,1-3H3,(H,29,30)(H,31,32)/b28-14-. The van der Waals surface area contributed by atoms with Gasteiger partial charge < -0.3 is 14.8 Å². The quantitative estimate of drug-likeness (QED) is 0.195. The molecule has 35 heavy (non-hydrogen) atoms. The second-order valence-corrected chi connectivity index (χ2v) is 9.25. The van der Waals surface area contributed by atoms with Gasteiger partial charge in [0.15, 0.2) is 5.13 Å². The summed E-state index contributed by atoms with van der Waals surface area (Å²) in [5.74, 6) is 0.896. The molecule has 1 amide bonds. The van der Waals surface area contributed by atoms with E-state index in [-0.39, 0.29) is 5.91 Å². The van der Waals surface area contributed by atoms with Gasteiger partial charge in [-0.1, -0.05) is 29.8 Å². The van der Waals surface area contributed by atoms with Crippen molar-refractivity contribution in [3.63, 3.8) is 0 Å². The number of carbonyl (C=O) groups excluding carboxylic acids is 1. The Balaban J connectivity index is 1.39. The number of anilines is 2. The number of benzene rings is 3. The lowest BCUT2D eigenvalue weighted by Gasteiger charge is -2.09. The van der Waals surface area contributed by atoms with Crippen LogP contribution in [0.3, 0.4) is 0 Å². The molecule has 7 nitrogen and oxygen atoms in total. The Hall–Kier alpha value is -3.69. The van der Waals surface area contributed by atoms with Gasteiger partial charge in [-0.3, -0.25) is 4.79 Å². The van der Waals surface area contributed by atoms with Crippen molar-refractivity contribution in [3.8, 4) is 22.8 Å². The molecule has 0 unspecified atom stereocenters. The van der Waals surface area contributed by atoms with Crippen molar-refractivity contribution in [1.82, 2.24) is 10.4 Å². The van der Waals surface area contributed by atoms with Crippen LogP contribution in [0.4, 0.5) is 10.8 Å². The van der Waals surface area contributed by atoms with Gasteiger partial charge in [-0.05, 0) is 53.2 Å². The lowest BCUT2D eigenvalue weighted by atomic mass is 10.1. The molecule has 1 aromatic heterocycles. The van der Waals surface area contributed by atoms with Crippen LogP contribution >= 0.6 is 27.3 Å². The number of hydrazone groups is 1. The topological polar surface area (TPSA) is 84.8 Å². The van der Waals surface area contributed by atoms with Gasteiger partial charge in [0, 0.05) is 33.8 Å². The molecule has 0 bridgehead atoms. The van der Waals surface area contributed by atoms with Crippen LogP contribution in [0.2, 0.25) is 0 Å². The highest BCUT2D eigenvalue weighted by molar-refractivity contribution is 9.10. The maximum Gasteiger partial charge on any atom is 0.271 e. The smallest absolute Gasteiger partial charge is 0.271 e. The number of aromatic nitrogens is 1. The predicted octanol–water partition coefficient (Wildman–Crippen LogP) is 6.41. The Bertz CT molecular complexity index is 1350. The van der Waals surface area contributed by atoms with Gasteiger partial charge in [0.1, 0.15) is 11.5 Å². The maximum atomic E-state index is 12.5. The van der Waals surface area contributed by atoms with Crippen LogP contribution < -0.4 is 20.2 Å². The fourth-order valence-corrected chi connectivity index (χ4v) is 4.49. The minimum absolute atomic E-state index is 0.320.